The number of benzene rings is 14. The molecule has 0 amide bonds. The van der Waals surface area contributed by atoms with Gasteiger partial charge in [-0.1, -0.05) is 219 Å². The van der Waals surface area contributed by atoms with E-state index in [1.165, 1.54) is 32.7 Å². The number of fused-ring (bicyclic) bond motifs is 18. The zero-order valence-corrected chi connectivity index (χ0v) is 69.9. The maximum absolute atomic E-state index is 11.0. The second-order valence-electron chi connectivity index (χ2n) is 30.8. The molecular formula is C111H78N12O3. The van der Waals surface area contributed by atoms with Gasteiger partial charge in [-0.3, -0.25) is 0 Å². The lowest BCUT2D eigenvalue weighted by Gasteiger charge is -2.13. The fraction of sp³-hybridized carbons (Fsp3) is 0.0811. The van der Waals surface area contributed by atoms with Crippen molar-refractivity contribution in [2.24, 2.45) is 0 Å². The lowest BCUT2D eigenvalue weighted by Crippen LogP contribution is -2.04. The summed E-state index contributed by atoms with van der Waals surface area (Å²) in [4.78, 5) is 25.3. The highest BCUT2D eigenvalue weighted by molar-refractivity contribution is 6.15. The van der Waals surface area contributed by atoms with Gasteiger partial charge in [0.15, 0.2) is 0 Å². The molecule has 126 heavy (non-hydrogen) atoms. The van der Waals surface area contributed by atoms with Crippen LogP contribution < -0.4 is 14.5 Å². The zero-order chi connectivity index (χ0) is 86.4. The molecule has 0 aliphatic heterocycles. The van der Waals surface area contributed by atoms with E-state index in [0.29, 0.717) is 33.4 Å². The first-order valence-corrected chi connectivity index (χ1v) is 41.7. The van der Waals surface area contributed by atoms with Gasteiger partial charge in [0.1, 0.15) is 21.3 Å². The number of rotatable bonds is 18. The average molecular weight is 1630 g/mol. The van der Waals surface area contributed by atoms with Crippen molar-refractivity contribution in [2.75, 3.05) is 21.3 Å². The number of hydrogen-bond donors (Lipinski definition) is 0. The maximum atomic E-state index is 11.0. The predicted molar refractivity (Wildman–Crippen MR) is 519 cm³/mol. The Kier molecular flexibility index (Phi) is 20.6. The molecule has 0 spiro atoms. The summed E-state index contributed by atoms with van der Waals surface area (Å²) >= 11 is 0. The molecule has 15 heteroatoms. The van der Waals surface area contributed by atoms with Gasteiger partial charge in [-0.15, -0.1) is 0 Å². The van der Waals surface area contributed by atoms with Crippen molar-refractivity contribution in [1.82, 2.24) is 27.9 Å². The van der Waals surface area contributed by atoms with Gasteiger partial charge in [0.2, 0.25) is 11.4 Å². The summed E-state index contributed by atoms with van der Waals surface area (Å²) in [6, 6.07) is 96.5. The molecule has 15 nitrogen and oxygen atoms in total. The molecule has 14 aromatic carbocycles. The number of para-hydroxylation sites is 6. The summed E-state index contributed by atoms with van der Waals surface area (Å²) < 4.78 is 12.4. The first kappa shape index (κ1) is 78.5. The van der Waals surface area contributed by atoms with Crippen molar-refractivity contribution in [3.63, 3.8) is 0 Å². The molecule has 20 aromatic rings. The molecule has 0 N–H and O–H groups in total. The lowest BCUT2D eigenvalue weighted by atomic mass is 9.88. The third-order valence-electron chi connectivity index (χ3n) is 24.3. The monoisotopic (exact) mass is 1630 g/mol. The van der Waals surface area contributed by atoms with Crippen LogP contribution >= 0.6 is 0 Å². The van der Waals surface area contributed by atoms with Crippen molar-refractivity contribution in [3.05, 3.63) is 367 Å². The predicted octanol–water partition coefficient (Wildman–Crippen LogP) is 26.9. The van der Waals surface area contributed by atoms with Crippen LogP contribution in [-0.4, -0.2) is 49.2 Å². The number of nitrogens with zero attached hydrogens (tertiary/aromatic N) is 12. The molecule has 6 aromatic heterocycles. The summed E-state index contributed by atoms with van der Waals surface area (Å²) in [6.07, 6.45) is 22.7. The van der Waals surface area contributed by atoms with E-state index >= 15 is 0 Å². The minimum absolute atomic E-state index is 0.204. The second kappa shape index (κ2) is 33.0. The van der Waals surface area contributed by atoms with Crippen LogP contribution in [-0.2, 0) is 19.6 Å². The molecule has 6 heterocycles. The molecule has 20 rings (SSSR count). The van der Waals surface area contributed by atoms with Crippen LogP contribution in [0.15, 0.2) is 255 Å². The first-order valence-electron chi connectivity index (χ1n) is 41.7. The molecular weight excluding hydrogens is 1550 g/mol. The number of aromatic nitrogens is 6. The fourth-order valence-electron chi connectivity index (χ4n) is 18.7. The average Bonchev–Trinajstić information content (AvgIpc) is 0.997. The van der Waals surface area contributed by atoms with Crippen molar-refractivity contribution in [3.8, 4) is 24.3 Å². The smallest absolute Gasteiger partial charge is 0.204 e. The van der Waals surface area contributed by atoms with Crippen LogP contribution in [0.5, 0.6) is 0 Å². The zero-order valence-electron chi connectivity index (χ0n) is 69.9. The molecule has 0 atom stereocenters. The van der Waals surface area contributed by atoms with Crippen LogP contribution in [0.25, 0.3) is 213 Å². The van der Waals surface area contributed by atoms with E-state index < -0.39 is 0 Å². The molecule has 0 aliphatic rings. The Labute approximate surface area is 726 Å². The molecule has 0 bridgehead atoms. The minimum atomic E-state index is 0.204. The Hall–Kier alpha value is -17.3. The SMILES string of the molecule is [C-]#[N+]c1c(/C=C/c2ccc3c(c2)c2ccccc2n3CC)c(C#N)c(/C=C/c2ccc3c(c2)c2ccccc2n3CC)c(C#N)c1/C=C/c1ccc2c(c1)c1ccccc1n2CC.[C-]#[N+]c1c(/C=C/c2ccc3c(c2)c2ccccc2n3OC)c(C#N)c(/C=C/c2ccc3c(c2)c2ccccc2n3OC)c(C#N)c1/C=C/c1ccc2c(c1)c1ccccc1n2OC. The van der Waals surface area contributed by atoms with Gasteiger partial charge in [-0.25, -0.2) is 9.69 Å². The van der Waals surface area contributed by atoms with Crippen molar-refractivity contribution in [2.45, 2.75) is 40.4 Å². The fourth-order valence-corrected chi connectivity index (χ4v) is 18.7. The highest BCUT2D eigenvalue weighted by Gasteiger charge is 2.25. The summed E-state index contributed by atoms with van der Waals surface area (Å²) in [5, 5.41) is 56.9. The van der Waals surface area contributed by atoms with Gasteiger partial charge >= 0.3 is 0 Å². The van der Waals surface area contributed by atoms with E-state index in [1.54, 1.807) is 26.1 Å². The Morgan fingerprint density at radius 3 is 0.643 bits per heavy atom. The highest BCUT2D eigenvalue weighted by atomic mass is 16.7. The Morgan fingerprint density at radius 2 is 0.429 bits per heavy atom. The standard InChI is InChI=1S/C57H42N6.C54H36N6O3/c1-5-61-51-17-11-8-14-41(51)46-32-37(23-29-54(46)61)20-26-40-49(35-58)44(27-21-38-24-30-55-47(33-38)42-15-9-12-18-52(42)62(55)6-2)57(60-4)45(50(40)36-59)28-22-39-25-31-56-48(34-39)43-16-10-13-19-53(43)63(56)7-3;1-57-54-41(24-18-35-21-27-52-44(30-35)39-12-6-9-15-49(39)59(52)62-3)46(32-55)37(23-17-34-20-26-51-43(29-34)38-11-5-8-14-48(38)58(51)61-2)47(33-56)42(54)25-19-36-22-28-53-45(31-36)40-13-7-10-16-50(40)60(53)63-4/h8-34H,5-7H2,1-3H3;5-31H,2-4H3/b26-20+,27-21+,28-22+;23-17+,24-18+,25-19+. The first-order chi connectivity index (χ1) is 62.0. The van der Waals surface area contributed by atoms with E-state index in [0.717, 1.165) is 151 Å². The molecule has 0 radical (unpaired) electrons. The quantitative estimate of drug-likeness (QED) is 0.0610. The number of nitriles is 4. The van der Waals surface area contributed by atoms with Crippen molar-refractivity contribution >= 4 is 215 Å². The van der Waals surface area contributed by atoms with E-state index in [9.17, 15) is 21.0 Å². The van der Waals surface area contributed by atoms with Crippen LogP contribution in [0, 0.1) is 58.5 Å². The van der Waals surface area contributed by atoms with Crippen molar-refractivity contribution < 1.29 is 14.5 Å². The molecule has 0 fully saturated rings. The second-order valence-corrected chi connectivity index (χ2v) is 30.8. The van der Waals surface area contributed by atoms with Gasteiger partial charge in [0.25, 0.3) is 0 Å². The third-order valence-corrected chi connectivity index (χ3v) is 24.3. The summed E-state index contributed by atoms with van der Waals surface area (Å²) in [5.74, 6) is 0. The van der Waals surface area contributed by atoms with E-state index in [2.05, 4.69) is 232 Å². The van der Waals surface area contributed by atoms with Crippen molar-refractivity contribution in [1.29, 1.82) is 21.0 Å². The third kappa shape index (κ3) is 13.2. The highest BCUT2D eigenvalue weighted by Crippen LogP contribution is 2.44. The van der Waals surface area contributed by atoms with E-state index in [4.69, 9.17) is 27.7 Å². The summed E-state index contributed by atoms with van der Waals surface area (Å²) in [6.45, 7) is 26.1. The molecule has 0 aliphatic carbocycles. The van der Waals surface area contributed by atoms with E-state index in [-0.39, 0.29) is 33.6 Å². The maximum Gasteiger partial charge on any atom is 0.204 e. The Morgan fingerprint density at radius 1 is 0.246 bits per heavy atom. The van der Waals surface area contributed by atoms with Crippen LogP contribution in [0.2, 0.25) is 0 Å². The van der Waals surface area contributed by atoms with Crippen LogP contribution in [0.3, 0.4) is 0 Å². The molecule has 0 unspecified atom stereocenters. The van der Waals surface area contributed by atoms with Gasteiger partial charge < -0.3 is 28.2 Å². The minimum Gasteiger partial charge on any atom is -0.417 e. The topological polar surface area (TPSA) is 161 Å². The van der Waals surface area contributed by atoms with Gasteiger partial charge in [-0.05, 0) is 186 Å². The lowest BCUT2D eigenvalue weighted by molar-refractivity contribution is 0.190. The van der Waals surface area contributed by atoms with Gasteiger partial charge in [-0.2, -0.15) is 35.2 Å². The number of aryl methyl sites for hydroxylation is 3. The van der Waals surface area contributed by atoms with Gasteiger partial charge in [0, 0.05) is 128 Å². The molecule has 0 saturated heterocycles. The van der Waals surface area contributed by atoms with Crippen LogP contribution in [0.4, 0.5) is 11.4 Å². The molecule has 0 saturated carbocycles. The van der Waals surface area contributed by atoms with E-state index in [1.807, 2.05) is 173 Å². The normalized spacial score (nSPS) is 11.9. The largest absolute Gasteiger partial charge is 0.417 e. The summed E-state index contributed by atoms with van der Waals surface area (Å²) in [5.41, 5.74) is 22.2. The summed E-state index contributed by atoms with van der Waals surface area (Å²) in [7, 11) is 4.94. The number of hydrogen-bond acceptors (Lipinski definition) is 7. The Balaban J connectivity index is 0.000000165. The Bertz CT molecular complexity index is 7150. The molecule has 600 valence electrons. The van der Waals surface area contributed by atoms with Gasteiger partial charge in [0.05, 0.1) is 92.8 Å². The van der Waals surface area contributed by atoms with Crippen LogP contribution in [0.1, 0.15) is 110 Å².